The van der Waals surface area contributed by atoms with Gasteiger partial charge in [-0.25, -0.2) is 0 Å². The molecule has 1 aliphatic carbocycles. The Morgan fingerprint density at radius 2 is 2.35 bits per heavy atom. The van der Waals surface area contributed by atoms with Crippen LogP contribution in [0.3, 0.4) is 0 Å². The quantitative estimate of drug-likeness (QED) is 0.912. The SMILES string of the molecule is CCC(=O)N[C@H]1c2cncc(Br)c2CC[C@@H]1C. The highest BCUT2D eigenvalue weighted by molar-refractivity contribution is 9.10. The molecule has 0 spiro atoms. The van der Waals surface area contributed by atoms with Crippen LogP contribution in [-0.2, 0) is 11.2 Å². The number of carbonyl (C=O) groups is 1. The molecule has 0 radical (unpaired) electrons. The molecule has 0 saturated heterocycles. The zero-order chi connectivity index (χ0) is 12.4. The lowest BCUT2D eigenvalue weighted by Crippen LogP contribution is -2.35. The molecule has 4 heteroatoms. The zero-order valence-corrected chi connectivity index (χ0v) is 11.8. The number of fused-ring (bicyclic) bond motifs is 1. The highest BCUT2D eigenvalue weighted by Gasteiger charge is 2.28. The number of nitrogens with zero attached hydrogens (tertiary/aromatic N) is 1. The van der Waals surface area contributed by atoms with Crippen LogP contribution in [0.1, 0.15) is 43.9 Å². The van der Waals surface area contributed by atoms with Crippen molar-refractivity contribution in [3.8, 4) is 0 Å². The lowest BCUT2D eigenvalue weighted by atomic mass is 9.81. The fourth-order valence-electron chi connectivity index (χ4n) is 2.35. The monoisotopic (exact) mass is 296 g/mol. The highest BCUT2D eigenvalue weighted by atomic mass is 79.9. The first-order valence-electron chi connectivity index (χ1n) is 6.05. The van der Waals surface area contributed by atoms with Crippen LogP contribution in [0.15, 0.2) is 16.9 Å². The van der Waals surface area contributed by atoms with E-state index in [-0.39, 0.29) is 11.9 Å². The average molecular weight is 297 g/mol. The molecule has 1 aromatic heterocycles. The van der Waals surface area contributed by atoms with Gasteiger partial charge < -0.3 is 5.32 Å². The minimum atomic E-state index is 0.106. The Morgan fingerprint density at radius 1 is 1.59 bits per heavy atom. The van der Waals surface area contributed by atoms with E-state index in [9.17, 15) is 4.79 Å². The van der Waals surface area contributed by atoms with Crippen molar-refractivity contribution < 1.29 is 4.79 Å². The van der Waals surface area contributed by atoms with Crippen molar-refractivity contribution >= 4 is 21.8 Å². The standard InChI is InChI=1S/C13H17BrN2O/c1-3-12(17)16-13-8(2)4-5-9-10(13)6-15-7-11(9)14/h6-8,13H,3-5H2,1-2H3,(H,16,17)/t8-,13+/m0/s1. The Hall–Kier alpha value is -0.900. The van der Waals surface area contributed by atoms with Crippen molar-refractivity contribution in [1.82, 2.24) is 10.3 Å². The van der Waals surface area contributed by atoms with Gasteiger partial charge in [-0.15, -0.1) is 0 Å². The number of carbonyl (C=O) groups excluding carboxylic acids is 1. The third-order valence-corrected chi connectivity index (χ3v) is 4.11. The number of nitrogens with one attached hydrogen (secondary N) is 1. The second-order valence-corrected chi connectivity index (χ2v) is 5.46. The molecule has 1 aliphatic rings. The topological polar surface area (TPSA) is 42.0 Å². The zero-order valence-electron chi connectivity index (χ0n) is 10.2. The lowest BCUT2D eigenvalue weighted by Gasteiger charge is -2.32. The van der Waals surface area contributed by atoms with Gasteiger partial charge >= 0.3 is 0 Å². The first-order valence-corrected chi connectivity index (χ1v) is 6.84. The van der Waals surface area contributed by atoms with E-state index in [4.69, 9.17) is 0 Å². The van der Waals surface area contributed by atoms with Crippen molar-refractivity contribution in [2.75, 3.05) is 0 Å². The molecular weight excluding hydrogens is 280 g/mol. The molecule has 3 nitrogen and oxygen atoms in total. The lowest BCUT2D eigenvalue weighted by molar-refractivity contribution is -0.121. The maximum atomic E-state index is 11.6. The molecule has 0 saturated carbocycles. The Balaban J connectivity index is 2.33. The van der Waals surface area contributed by atoms with Crippen molar-refractivity contribution in [3.63, 3.8) is 0 Å². The van der Waals surface area contributed by atoms with Crippen LogP contribution in [0.25, 0.3) is 0 Å². The molecule has 2 rings (SSSR count). The van der Waals surface area contributed by atoms with Gasteiger partial charge in [-0.1, -0.05) is 13.8 Å². The van der Waals surface area contributed by atoms with E-state index in [2.05, 4.69) is 33.2 Å². The summed E-state index contributed by atoms with van der Waals surface area (Å²) in [6.45, 7) is 4.06. The van der Waals surface area contributed by atoms with Crippen LogP contribution in [0.4, 0.5) is 0 Å². The summed E-state index contributed by atoms with van der Waals surface area (Å²) < 4.78 is 1.05. The molecule has 17 heavy (non-hydrogen) atoms. The summed E-state index contributed by atoms with van der Waals surface area (Å²) in [5.74, 6) is 0.573. The number of halogens is 1. The van der Waals surface area contributed by atoms with Crippen LogP contribution < -0.4 is 5.32 Å². The van der Waals surface area contributed by atoms with E-state index < -0.39 is 0 Å². The molecule has 0 bridgehead atoms. The van der Waals surface area contributed by atoms with E-state index in [1.807, 2.05) is 19.3 Å². The van der Waals surface area contributed by atoms with Crippen molar-refractivity contribution in [2.45, 2.75) is 39.2 Å². The van der Waals surface area contributed by atoms with Gasteiger partial charge in [0, 0.05) is 23.3 Å². The molecule has 1 amide bonds. The molecule has 2 atom stereocenters. The summed E-state index contributed by atoms with van der Waals surface area (Å²) in [6, 6.07) is 0.108. The average Bonchev–Trinajstić information content (AvgIpc) is 2.33. The molecule has 0 aliphatic heterocycles. The summed E-state index contributed by atoms with van der Waals surface area (Å²) in [7, 11) is 0. The van der Waals surface area contributed by atoms with Crippen LogP contribution in [0.2, 0.25) is 0 Å². The second kappa shape index (κ2) is 5.17. The summed E-state index contributed by atoms with van der Waals surface area (Å²) in [4.78, 5) is 15.8. The number of hydrogen-bond acceptors (Lipinski definition) is 2. The predicted octanol–water partition coefficient (Wildman–Crippen LogP) is 2.99. The maximum absolute atomic E-state index is 11.6. The molecular formula is C13H17BrN2O. The predicted molar refractivity (Wildman–Crippen MR) is 70.6 cm³/mol. The molecule has 0 fully saturated rings. The van der Waals surface area contributed by atoms with E-state index >= 15 is 0 Å². The fourth-order valence-corrected chi connectivity index (χ4v) is 2.89. The molecule has 1 aromatic rings. The minimum absolute atomic E-state index is 0.106. The molecule has 0 aromatic carbocycles. The number of pyridine rings is 1. The van der Waals surface area contributed by atoms with Crippen LogP contribution in [0, 0.1) is 5.92 Å². The van der Waals surface area contributed by atoms with E-state index in [1.165, 1.54) is 11.1 Å². The van der Waals surface area contributed by atoms with Gasteiger partial charge in [-0.3, -0.25) is 9.78 Å². The first kappa shape index (κ1) is 12.6. The molecule has 0 unspecified atom stereocenters. The number of aromatic nitrogens is 1. The smallest absolute Gasteiger partial charge is 0.220 e. The van der Waals surface area contributed by atoms with Gasteiger partial charge in [0.05, 0.1) is 6.04 Å². The number of amides is 1. The second-order valence-electron chi connectivity index (χ2n) is 4.60. The normalized spacial score (nSPS) is 23.0. The maximum Gasteiger partial charge on any atom is 0.220 e. The third-order valence-electron chi connectivity index (χ3n) is 3.43. The number of hydrogen-bond donors (Lipinski definition) is 1. The molecule has 92 valence electrons. The van der Waals surface area contributed by atoms with Gasteiger partial charge in [-0.05, 0) is 45.8 Å². The van der Waals surface area contributed by atoms with E-state index in [0.717, 1.165) is 17.3 Å². The van der Waals surface area contributed by atoms with Crippen molar-refractivity contribution in [3.05, 3.63) is 28.0 Å². The molecule has 1 N–H and O–H groups in total. The van der Waals surface area contributed by atoms with E-state index in [1.54, 1.807) is 0 Å². The van der Waals surface area contributed by atoms with Crippen molar-refractivity contribution in [2.24, 2.45) is 5.92 Å². The number of rotatable bonds is 2. The highest BCUT2D eigenvalue weighted by Crippen LogP contribution is 2.36. The van der Waals surface area contributed by atoms with Gasteiger partial charge in [0.1, 0.15) is 0 Å². The van der Waals surface area contributed by atoms with Gasteiger partial charge in [0.25, 0.3) is 0 Å². The van der Waals surface area contributed by atoms with Gasteiger partial charge in [0.15, 0.2) is 0 Å². The van der Waals surface area contributed by atoms with Gasteiger partial charge in [0.2, 0.25) is 5.91 Å². The Kier molecular flexibility index (Phi) is 3.82. The summed E-state index contributed by atoms with van der Waals surface area (Å²) in [5, 5.41) is 3.10. The Bertz CT molecular complexity index is 433. The fraction of sp³-hybridized carbons (Fsp3) is 0.538. The first-order chi connectivity index (χ1) is 8.13. The Labute approximate surface area is 110 Å². The Morgan fingerprint density at radius 3 is 3.06 bits per heavy atom. The minimum Gasteiger partial charge on any atom is -0.349 e. The van der Waals surface area contributed by atoms with E-state index in [0.29, 0.717) is 12.3 Å². The van der Waals surface area contributed by atoms with Crippen LogP contribution in [0.5, 0.6) is 0 Å². The summed E-state index contributed by atoms with van der Waals surface area (Å²) >= 11 is 3.54. The van der Waals surface area contributed by atoms with Crippen molar-refractivity contribution in [1.29, 1.82) is 0 Å². The third kappa shape index (κ3) is 2.51. The largest absolute Gasteiger partial charge is 0.349 e. The van der Waals surface area contributed by atoms with Crippen LogP contribution in [-0.4, -0.2) is 10.9 Å². The summed E-state index contributed by atoms with van der Waals surface area (Å²) in [6.07, 6.45) is 6.40. The van der Waals surface area contributed by atoms with Gasteiger partial charge in [-0.2, -0.15) is 0 Å². The van der Waals surface area contributed by atoms with Crippen LogP contribution >= 0.6 is 15.9 Å². The molecule has 1 heterocycles. The summed E-state index contributed by atoms with van der Waals surface area (Å²) in [5.41, 5.74) is 2.46.